The highest BCUT2D eigenvalue weighted by molar-refractivity contribution is 5.85. The Kier molecular flexibility index (Phi) is 6.55. The van der Waals surface area contributed by atoms with Crippen molar-refractivity contribution < 1.29 is 19.7 Å². The Labute approximate surface area is 171 Å². The van der Waals surface area contributed by atoms with Gasteiger partial charge in [0.05, 0.1) is 5.60 Å². The van der Waals surface area contributed by atoms with Crippen LogP contribution in [0.2, 0.25) is 0 Å². The third kappa shape index (κ3) is 4.60. The van der Waals surface area contributed by atoms with Crippen molar-refractivity contribution in [2.24, 2.45) is 0 Å². The van der Waals surface area contributed by atoms with Crippen LogP contribution in [0.25, 0.3) is 10.8 Å². The van der Waals surface area contributed by atoms with Crippen molar-refractivity contribution in [3.8, 4) is 5.75 Å². The van der Waals surface area contributed by atoms with Crippen LogP contribution in [0.15, 0.2) is 66.7 Å². The minimum Gasteiger partial charge on any atom is -0.478 e. The van der Waals surface area contributed by atoms with Gasteiger partial charge in [-0.2, -0.15) is 0 Å². The monoisotopic (exact) mass is 392 g/mol. The second kappa shape index (κ2) is 9.10. The molecule has 0 aliphatic heterocycles. The molecular formula is C25H28O4. The lowest BCUT2D eigenvalue weighted by atomic mass is 9.84. The summed E-state index contributed by atoms with van der Waals surface area (Å²) in [6.07, 6.45) is 1.66. The van der Waals surface area contributed by atoms with Crippen LogP contribution < -0.4 is 4.74 Å². The second-order valence-electron chi connectivity index (χ2n) is 7.47. The minimum absolute atomic E-state index is 0.414. The average Bonchev–Trinajstić information content (AvgIpc) is 2.72. The highest BCUT2D eigenvalue weighted by Gasteiger charge is 2.32. The molecule has 0 bridgehead atoms. The van der Waals surface area contributed by atoms with Crippen LogP contribution in [0.3, 0.4) is 0 Å². The predicted molar refractivity (Wildman–Crippen MR) is 115 cm³/mol. The summed E-state index contributed by atoms with van der Waals surface area (Å²) in [4.78, 5) is 12.1. The molecule has 0 fully saturated rings. The molecule has 1 atom stereocenters. The van der Waals surface area contributed by atoms with E-state index >= 15 is 0 Å². The Balaban J connectivity index is 2.00. The number of para-hydroxylation sites is 1. The number of hydrogen-bond acceptors (Lipinski definition) is 3. The van der Waals surface area contributed by atoms with E-state index in [1.54, 1.807) is 18.2 Å². The molecule has 152 valence electrons. The molecule has 1 unspecified atom stereocenters. The van der Waals surface area contributed by atoms with Crippen LogP contribution in [0, 0.1) is 0 Å². The Morgan fingerprint density at radius 3 is 2.21 bits per heavy atom. The molecule has 3 rings (SSSR count). The molecule has 0 radical (unpaired) electrons. The molecule has 3 aromatic carbocycles. The van der Waals surface area contributed by atoms with Crippen molar-refractivity contribution in [1.82, 2.24) is 0 Å². The van der Waals surface area contributed by atoms with Crippen LogP contribution in [0.1, 0.15) is 56.8 Å². The number of fused-ring (bicyclic) bond motifs is 1. The van der Waals surface area contributed by atoms with Crippen molar-refractivity contribution in [3.63, 3.8) is 0 Å². The molecule has 4 nitrogen and oxygen atoms in total. The number of benzene rings is 3. The van der Waals surface area contributed by atoms with Crippen LogP contribution in [0.5, 0.6) is 5.75 Å². The van der Waals surface area contributed by atoms with Crippen LogP contribution in [-0.2, 0) is 10.4 Å². The lowest BCUT2D eigenvalue weighted by Gasteiger charge is -2.30. The standard InChI is InChI=1S/C25H28O4/c1-3-15-25(28,16-4-2)21-11-7-8-12-22(21)29-23(24(26)27)20-14-13-18-9-5-6-10-19(18)17-20/h5-14,17,23,28H,3-4,15-16H2,1-2H3,(H,26,27). The summed E-state index contributed by atoms with van der Waals surface area (Å²) in [7, 11) is 0. The second-order valence-corrected chi connectivity index (χ2v) is 7.47. The van der Waals surface area contributed by atoms with Gasteiger partial charge in [-0.15, -0.1) is 0 Å². The van der Waals surface area contributed by atoms with Gasteiger partial charge in [0.2, 0.25) is 6.10 Å². The minimum atomic E-state index is -1.16. The highest BCUT2D eigenvalue weighted by Crippen LogP contribution is 2.39. The molecule has 0 heterocycles. The summed E-state index contributed by atoms with van der Waals surface area (Å²) in [6.45, 7) is 4.05. The van der Waals surface area contributed by atoms with E-state index in [9.17, 15) is 15.0 Å². The fraction of sp³-hybridized carbons (Fsp3) is 0.320. The molecule has 3 aromatic rings. The van der Waals surface area contributed by atoms with Gasteiger partial charge >= 0.3 is 5.97 Å². The topological polar surface area (TPSA) is 66.8 Å². The molecule has 2 N–H and O–H groups in total. The van der Waals surface area contributed by atoms with Crippen molar-refractivity contribution in [2.75, 3.05) is 0 Å². The van der Waals surface area contributed by atoms with Crippen LogP contribution in [-0.4, -0.2) is 16.2 Å². The Bertz CT molecular complexity index is 973. The van der Waals surface area contributed by atoms with E-state index < -0.39 is 17.7 Å². The van der Waals surface area contributed by atoms with Crippen LogP contribution in [0.4, 0.5) is 0 Å². The summed E-state index contributed by atoms with van der Waals surface area (Å²) in [6, 6.07) is 20.6. The first-order valence-corrected chi connectivity index (χ1v) is 10.2. The number of carboxylic acids is 1. The molecule has 0 saturated heterocycles. The van der Waals surface area contributed by atoms with Crippen molar-refractivity contribution in [1.29, 1.82) is 0 Å². The summed E-state index contributed by atoms with van der Waals surface area (Å²) < 4.78 is 6.02. The molecule has 0 saturated carbocycles. The number of aliphatic hydroxyl groups is 1. The van der Waals surface area contributed by atoms with Crippen molar-refractivity contribution in [3.05, 3.63) is 77.9 Å². The maximum Gasteiger partial charge on any atom is 0.349 e. The zero-order chi connectivity index (χ0) is 20.9. The average molecular weight is 392 g/mol. The van der Waals surface area contributed by atoms with E-state index in [-0.39, 0.29) is 0 Å². The number of carbonyl (C=O) groups is 1. The zero-order valence-corrected chi connectivity index (χ0v) is 17.0. The number of ether oxygens (including phenoxy) is 1. The Morgan fingerprint density at radius 2 is 1.55 bits per heavy atom. The number of aliphatic carboxylic acids is 1. The normalized spacial score (nSPS) is 12.7. The lowest BCUT2D eigenvalue weighted by Crippen LogP contribution is -2.27. The highest BCUT2D eigenvalue weighted by atomic mass is 16.5. The van der Waals surface area contributed by atoms with E-state index in [1.807, 2.05) is 62.4 Å². The van der Waals surface area contributed by atoms with Gasteiger partial charge in [0.1, 0.15) is 5.75 Å². The molecular weight excluding hydrogens is 364 g/mol. The van der Waals surface area contributed by atoms with Crippen molar-refractivity contribution in [2.45, 2.75) is 51.2 Å². The molecule has 0 aromatic heterocycles. The number of rotatable bonds is 9. The van der Waals surface area contributed by atoms with Gasteiger partial charge in [-0.1, -0.05) is 81.3 Å². The van der Waals surface area contributed by atoms with Gasteiger partial charge < -0.3 is 14.9 Å². The molecule has 4 heteroatoms. The summed E-state index contributed by atoms with van der Waals surface area (Å²) >= 11 is 0. The first-order chi connectivity index (χ1) is 14.0. The van der Waals surface area contributed by atoms with E-state index in [2.05, 4.69) is 0 Å². The quantitative estimate of drug-likeness (QED) is 0.481. The van der Waals surface area contributed by atoms with E-state index in [0.29, 0.717) is 29.7 Å². The fourth-order valence-electron chi connectivity index (χ4n) is 3.93. The molecule has 0 aliphatic rings. The SMILES string of the molecule is CCCC(O)(CCC)c1ccccc1OC(C(=O)O)c1ccc2ccccc2c1. The first-order valence-electron chi connectivity index (χ1n) is 10.2. The Morgan fingerprint density at radius 1 is 0.931 bits per heavy atom. The summed E-state index contributed by atoms with van der Waals surface area (Å²) in [5, 5.41) is 23.2. The number of hydrogen-bond donors (Lipinski definition) is 2. The molecule has 0 aliphatic carbocycles. The summed E-state index contributed by atoms with van der Waals surface area (Å²) in [5.74, 6) is -0.651. The first kappa shape index (κ1) is 20.9. The zero-order valence-electron chi connectivity index (χ0n) is 17.0. The predicted octanol–water partition coefficient (Wildman–Crippen LogP) is 5.83. The van der Waals surface area contributed by atoms with Gasteiger partial charge in [0.25, 0.3) is 0 Å². The van der Waals surface area contributed by atoms with Gasteiger partial charge in [-0.05, 0) is 35.7 Å². The third-order valence-corrected chi connectivity index (χ3v) is 5.26. The van der Waals surface area contributed by atoms with E-state index in [0.717, 1.165) is 23.6 Å². The van der Waals surface area contributed by atoms with E-state index in [1.165, 1.54) is 0 Å². The third-order valence-electron chi connectivity index (χ3n) is 5.26. The van der Waals surface area contributed by atoms with Crippen LogP contribution >= 0.6 is 0 Å². The summed E-state index contributed by atoms with van der Waals surface area (Å²) in [5.41, 5.74) is 0.184. The maximum atomic E-state index is 12.1. The molecule has 0 spiro atoms. The van der Waals surface area contributed by atoms with Gasteiger partial charge in [0.15, 0.2) is 0 Å². The van der Waals surface area contributed by atoms with Gasteiger partial charge in [-0.3, -0.25) is 0 Å². The fourth-order valence-corrected chi connectivity index (χ4v) is 3.93. The maximum absolute atomic E-state index is 12.1. The largest absolute Gasteiger partial charge is 0.478 e. The lowest BCUT2D eigenvalue weighted by molar-refractivity contribution is -0.145. The van der Waals surface area contributed by atoms with Crippen molar-refractivity contribution >= 4 is 16.7 Å². The smallest absolute Gasteiger partial charge is 0.349 e. The number of carboxylic acid groups (broad SMARTS) is 1. The Hall–Kier alpha value is -2.85. The molecule has 29 heavy (non-hydrogen) atoms. The molecule has 0 amide bonds. The van der Waals surface area contributed by atoms with Gasteiger partial charge in [0, 0.05) is 11.1 Å². The van der Waals surface area contributed by atoms with Gasteiger partial charge in [-0.25, -0.2) is 4.79 Å². The van der Waals surface area contributed by atoms with E-state index in [4.69, 9.17) is 4.74 Å².